The van der Waals surface area contributed by atoms with Crippen LogP contribution in [0.5, 0.6) is 0 Å². The molecule has 0 bridgehead atoms. The lowest BCUT2D eigenvalue weighted by atomic mass is 10.0. The predicted molar refractivity (Wildman–Crippen MR) is 73.6 cm³/mol. The van der Waals surface area contributed by atoms with Crippen molar-refractivity contribution in [3.63, 3.8) is 0 Å². The number of allylic oxidation sites excluding steroid dienone is 1. The summed E-state index contributed by atoms with van der Waals surface area (Å²) in [6.45, 7) is 0. The van der Waals surface area contributed by atoms with Gasteiger partial charge in [0, 0.05) is 16.5 Å². The van der Waals surface area contributed by atoms with E-state index in [0.29, 0.717) is 17.7 Å². The molecular formula is C14H10BrNO2. The number of fused-ring (bicyclic) bond motifs is 2. The largest absolute Gasteiger partial charge is 0.505 e. The van der Waals surface area contributed by atoms with Gasteiger partial charge in [-0.25, -0.2) is 0 Å². The van der Waals surface area contributed by atoms with E-state index in [1.54, 1.807) is 0 Å². The van der Waals surface area contributed by atoms with Crippen molar-refractivity contribution in [2.24, 2.45) is 0 Å². The first-order chi connectivity index (χ1) is 8.65. The van der Waals surface area contributed by atoms with Crippen molar-refractivity contribution >= 4 is 33.7 Å². The number of halogens is 1. The molecule has 0 atom stereocenters. The van der Waals surface area contributed by atoms with Gasteiger partial charge in [-0.2, -0.15) is 0 Å². The molecule has 2 aliphatic rings. The molecule has 1 aliphatic heterocycles. The van der Waals surface area contributed by atoms with Crippen LogP contribution in [0.2, 0.25) is 0 Å². The molecule has 1 heterocycles. The number of carbonyl (C=O) groups excluding carboxylic acids is 1. The molecule has 1 aliphatic carbocycles. The first-order valence-electron chi connectivity index (χ1n) is 5.57. The van der Waals surface area contributed by atoms with Gasteiger partial charge in [0.2, 0.25) is 5.91 Å². The van der Waals surface area contributed by atoms with Crippen LogP contribution in [0.15, 0.2) is 46.1 Å². The Morgan fingerprint density at radius 2 is 2.11 bits per heavy atom. The molecule has 0 saturated heterocycles. The number of benzene rings is 1. The first kappa shape index (κ1) is 11.3. The van der Waals surface area contributed by atoms with Crippen LogP contribution in [0.25, 0.3) is 11.8 Å². The molecule has 1 amide bonds. The average molecular weight is 304 g/mol. The Morgan fingerprint density at radius 1 is 1.28 bits per heavy atom. The lowest BCUT2D eigenvalue weighted by molar-refractivity contribution is -0.119. The van der Waals surface area contributed by atoms with E-state index in [1.165, 1.54) is 0 Å². The molecule has 2 N–H and O–H groups in total. The second kappa shape index (κ2) is 4.14. The highest BCUT2D eigenvalue weighted by atomic mass is 79.9. The van der Waals surface area contributed by atoms with Crippen molar-refractivity contribution in [2.45, 2.75) is 6.42 Å². The highest BCUT2D eigenvalue weighted by molar-refractivity contribution is 9.10. The number of aliphatic hydroxyl groups is 1. The van der Waals surface area contributed by atoms with Gasteiger partial charge in [0.15, 0.2) is 0 Å². The minimum absolute atomic E-state index is 0.104. The molecule has 1 aromatic carbocycles. The summed E-state index contributed by atoms with van der Waals surface area (Å²) >= 11 is 3.38. The lowest BCUT2D eigenvalue weighted by Crippen LogP contribution is -2.27. The maximum atomic E-state index is 11.4. The molecule has 0 spiro atoms. The SMILES string of the molecule is O=C1CC=C2C=Cc3ccc(Br)cc3C(O)=C2N1. The van der Waals surface area contributed by atoms with Gasteiger partial charge in [0.05, 0.1) is 5.70 Å². The highest BCUT2D eigenvalue weighted by Crippen LogP contribution is 2.32. The summed E-state index contributed by atoms with van der Waals surface area (Å²) in [5, 5.41) is 13.1. The van der Waals surface area contributed by atoms with Gasteiger partial charge < -0.3 is 10.4 Å². The van der Waals surface area contributed by atoms with E-state index in [1.807, 2.05) is 36.4 Å². The van der Waals surface area contributed by atoms with Crippen molar-refractivity contribution in [1.82, 2.24) is 5.32 Å². The second-order valence-corrected chi connectivity index (χ2v) is 5.12. The molecule has 18 heavy (non-hydrogen) atoms. The summed E-state index contributed by atoms with van der Waals surface area (Å²) in [4.78, 5) is 11.4. The van der Waals surface area contributed by atoms with Crippen molar-refractivity contribution in [3.8, 4) is 0 Å². The molecule has 3 nitrogen and oxygen atoms in total. The minimum atomic E-state index is -0.104. The number of amides is 1. The molecule has 1 aromatic rings. The summed E-state index contributed by atoms with van der Waals surface area (Å²) < 4.78 is 0.886. The summed E-state index contributed by atoms with van der Waals surface area (Å²) in [7, 11) is 0. The third-order valence-electron chi connectivity index (χ3n) is 3.01. The smallest absolute Gasteiger partial charge is 0.228 e. The Morgan fingerprint density at radius 3 is 2.94 bits per heavy atom. The van der Waals surface area contributed by atoms with Gasteiger partial charge >= 0.3 is 0 Å². The number of aliphatic hydroxyl groups excluding tert-OH is 1. The number of hydrogen-bond donors (Lipinski definition) is 2. The maximum absolute atomic E-state index is 11.4. The minimum Gasteiger partial charge on any atom is -0.505 e. The maximum Gasteiger partial charge on any atom is 0.228 e. The average Bonchev–Trinajstić information content (AvgIpc) is 2.49. The van der Waals surface area contributed by atoms with Gasteiger partial charge in [0.1, 0.15) is 5.76 Å². The highest BCUT2D eigenvalue weighted by Gasteiger charge is 2.21. The van der Waals surface area contributed by atoms with Crippen LogP contribution in [0.4, 0.5) is 0 Å². The molecule has 0 unspecified atom stereocenters. The number of nitrogens with one attached hydrogen (secondary N) is 1. The fourth-order valence-corrected chi connectivity index (χ4v) is 2.47. The summed E-state index contributed by atoms with van der Waals surface area (Å²) in [6, 6.07) is 5.68. The van der Waals surface area contributed by atoms with Crippen LogP contribution >= 0.6 is 15.9 Å². The van der Waals surface area contributed by atoms with Crippen molar-refractivity contribution < 1.29 is 9.90 Å². The third kappa shape index (κ3) is 1.78. The summed E-state index contributed by atoms with van der Waals surface area (Å²) in [5.41, 5.74) is 2.97. The lowest BCUT2D eigenvalue weighted by Gasteiger charge is -2.16. The standard InChI is InChI=1S/C14H10BrNO2/c15-10-5-3-8-1-2-9-4-6-12(17)16-13(9)14(18)11(8)7-10/h1-5,7,18H,6H2,(H,16,17). The zero-order valence-corrected chi connectivity index (χ0v) is 11.0. The number of carbonyl (C=O) groups is 1. The van der Waals surface area contributed by atoms with Gasteiger partial charge in [-0.15, -0.1) is 0 Å². The Labute approximate surface area is 113 Å². The molecule has 0 aromatic heterocycles. The van der Waals surface area contributed by atoms with E-state index in [-0.39, 0.29) is 11.7 Å². The quantitative estimate of drug-likeness (QED) is 0.773. The fraction of sp³-hybridized carbons (Fsp3) is 0.0714. The van der Waals surface area contributed by atoms with Crippen LogP contribution < -0.4 is 5.32 Å². The monoisotopic (exact) mass is 303 g/mol. The van der Waals surface area contributed by atoms with Crippen molar-refractivity contribution in [1.29, 1.82) is 0 Å². The van der Waals surface area contributed by atoms with Crippen molar-refractivity contribution in [2.75, 3.05) is 0 Å². The molecule has 3 rings (SSSR count). The predicted octanol–water partition coefficient (Wildman–Crippen LogP) is 3.15. The summed E-state index contributed by atoms with van der Waals surface area (Å²) in [6.07, 6.45) is 6.01. The van der Waals surface area contributed by atoms with Gasteiger partial charge in [0.25, 0.3) is 0 Å². The van der Waals surface area contributed by atoms with Crippen LogP contribution in [-0.2, 0) is 4.79 Å². The third-order valence-corrected chi connectivity index (χ3v) is 3.50. The van der Waals surface area contributed by atoms with Crippen LogP contribution in [0, 0.1) is 0 Å². The molecule has 0 saturated carbocycles. The molecule has 4 heteroatoms. The molecule has 0 fully saturated rings. The van der Waals surface area contributed by atoms with E-state index < -0.39 is 0 Å². The zero-order valence-electron chi connectivity index (χ0n) is 9.40. The van der Waals surface area contributed by atoms with E-state index in [9.17, 15) is 9.90 Å². The van der Waals surface area contributed by atoms with E-state index in [0.717, 1.165) is 15.6 Å². The Balaban J connectivity index is 2.26. The van der Waals surface area contributed by atoms with Crippen LogP contribution in [-0.4, -0.2) is 11.0 Å². The zero-order chi connectivity index (χ0) is 12.7. The van der Waals surface area contributed by atoms with Crippen molar-refractivity contribution in [3.05, 3.63) is 57.2 Å². The van der Waals surface area contributed by atoms with E-state index >= 15 is 0 Å². The Kier molecular flexibility index (Phi) is 2.59. The second-order valence-electron chi connectivity index (χ2n) is 4.20. The molecule has 90 valence electrons. The topological polar surface area (TPSA) is 49.3 Å². The van der Waals surface area contributed by atoms with Gasteiger partial charge in [-0.3, -0.25) is 4.79 Å². The van der Waals surface area contributed by atoms with Crippen LogP contribution in [0.3, 0.4) is 0 Å². The number of hydrogen-bond acceptors (Lipinski definition) is 2. The number of rotatable bonds is 0. The summed E-state index contributed by atoms with van der Waals surface area (Å²) in [5.74, 6) is 0.00254. The van der Waals surface area contributed by atoms with E-state index in [2.05, 4.69) is 21.2 Å². The Bertz CT molecular complexity index is 641. The van der Waals surface area contributed by atoms with Gasteiger partial charge in [-0.05, 0) is 23.3 Å². The van der Waals surface area contributed by atoms with Crippen LogP contribution in [0.1, 0.15) is 17.5 Å². The fourth-order valence-electron chi connectivity index (χ4n) is 2.11. The molecular weight excluding hydrogens is 294 g/mol. The first-order valence-corrected chi connectivity index (χ1v) is 6.36. The van der Waals surface area contributed by atoms with E-state index in [4.69, 9.17) is 0 Å². The van der Waals surface area contributed by atoms with Gasteiger partial charge in [-0.1, -0.05) is 40.2 Å². The Hall–Kier alpha value is -1.81. The molecule has 0 radical (unpaired) electrons. The normalized spacial score (nSPS) is 17.6.